The zero-order chi connectivity index (χ0) is 65.0. The van der Waals surface area contributed by atoms with Gasteiger partial charge in [-0.25, -0.2) is 0 Å². The van der Waals surface area contributed by atoms with E-state index >= 15 is 0 Å². The summed E-state index contributed by atoms with van der Waals surface area (Å²) in [6.07, 6.45) is 3.95. The van der Waals surface area contributed by atoms with Crippen molar-refractivity contribution in [3.8, 4) is 11.8 Å². The number of fused-ring (bicyclic) bond motifs is 3. The highest BCUT2D eigenvalue weighted by molar-refractivity contribution is 7.52. The third kappa shape index (κ3) is 15.2. The smallest absolute Gasteiger partial charge is 0.370 e. The maximum Gasteiger partial charge on any atom is 0.399 e. The summed E-state index contributed by atoms with van der Waals surface area (Å²) in [5.41, 5.74) is 9.11. The number of nitrogens with two attached hydrogens (primary N) is 2. The third-order valence-corrected chi connectivity index (χ3v) is 19.9. The van der Waals surface area contributed by atoms with Crippen LogP contribution in [0.1, 0.15) is 152 Å². The van der Waals surface area contributed by atoms with Gasteiger partial charge in [-0.3, -0.25) is 57.9 Å². The lowest BCUT2D eigenvalue weighted by atomic mass is 9.85. The Balaban J connectivity index is 0.887. The Morgan fingerprint density at radius 3 is 2.26 bits per heavy atom. The number of hydrogen-bond acceptors (Lipinski definition) is 14. The molecule has 0 saturated carbocycles. The van der Waals surface area contributed by atoms with E-state index in [4.69, 9.17) is 11.5 Å². The molecule has 4 saturated heterocycles. The van der Waals surface area contributed by atoms with Crippen molar-refractivity contribution in [2.24, 2.45) is 17.4 Å². The fourth-order valence-electron chi connectivity index (χ4n) is 12.8. The Hall–Kier alpha value is -7.79. The Morgan fingerprint density at radius 1 is 0.878 bits per heavy atom. The quantitative estimate of drug-likeness (QED) is 0.0254. The van der Waals surface area contributed by atoms with Gasteiger partial charge in [-0.15, -0.1) is 11.3 Å². The monoisotopic (exact) mass is 1280 g/mol. The number of nitrogens with one attached hydrogen (secondary N) is 4. The number of amides is 9. The molecule has 9 amide bonds. The van der Waals surface area contributed by atoms with Crippen LogP contribution >= 0.6 is 18.9 Å². The summed E-state index contributed by atoms with van der Waals surface area (Å²) >= 11 is 0.876. The van der Waals surface area contributed by atoms with Crippen molar-refractivity contribution in [3.63, 3.8) is 0 Å². The van der Waals surface area contributed by atoms with Crippen LogP contribution in [-0.4, -0.2) is 158 Å². The second-order valence-electron chi connectivity index (χ2n) is 24.9. The zero-order valence-corrected chi connectivity index (χ0v) is 51.9. The highest BCUT2D eigenvalue weighted by atomic mass is 32.1. The molecule has 480 valence electrons. The topological polar surface area (TPSA) is 341 Å². The number of halogens is 2. The first-order chi connectivity index (χ1) is 42.6. The summed E-state index contributed by atoms with van der Waals surface area (Å²) in [6, 6.07) is 10.2. The highest BCUT2D eigenvalue weighted by Gasteiger charge is 2.51. The molecule has 5 aliphatic rings. The average molecular weight is 1280 g/mol. The number of imide groups is 1. The number of nitrogens with zero attached hydrogens (tertiary/aromatic N) is 4. The fraction of sp³-hybridized carbons (Fsp3) is 0.492. The van der Waals surface area contributed by atoms with Crippen LogP contribution < -0.4 is 32.7 Å². The lowest BCUT2D eigenvalue weighted by Gasteiger charge is -2.40. The normalized spacial score (nSPS) is 21.4. The Bertz CT molecular complexity index is 3590. The molecule has 0 aliphatic carbocycles. The molecule has 90 heavy (non-hydrogen) atoms. The summed E-state index contributed by atoms with van der Waals surface area (Å²) in [5, 5.41) is 10.8. The maximum absolute atomic E-state index is 14.9. The van der Waals surface area contributed by atoms with Crippen LogP contribution in [-0.2, 0) is 60.5 Å². The van der Waals surface area contributed by atoms with Gasteiger partial charge in [-0.1, -0.05) is 69.0 Å². The van der Waals surface area contributed by atoms with Crippen molar-refractivity contribution in [3.05, 3.63) is 105 Å². The van der Waals surface area contributed by atoms with E-state index in [-0.39, 0.29) is 91.6 Å². The molecule has 3 aromatic carbocycles. The molecular formula is C63H75F2N10O13PS. The summed E-state index contributed by atoms with van der Waals surface area (Å²) < 4.78 is 41.3. The van der Waals surface area contributed by atoms with Crippen LogP contribution in [0.15, 0.2) is 66.7 Å². The van der Waals surface area contributed by atoms with Gasteiger partial charge in [0.1, 0.15) is 36.5 Å². The van der Waals surface area contributed by atoms with Crippen LogP contribution in [0.25, 0.3) is 10.1 Å². The third-order valence-electron chi connectivity index (χ3n) is 17.8. The minimum absolute atomic E-state index is 0.0337. The number of carbonyl (C=O) groups excluding carboxylic acids is 10. The van der Waals surface area contributed by atoms with E-state index in [1.54, 1.807) is 17.0 Å². The molecule has 4 fully saturated rings. The number of piperidine rings is 2. The van der Waals surface area contributed by atoms with Crippen molar-refractivity contribution in [2.75, 3.05) is 32.7 Å². The van der Waals surface area contributed by atoms with Crippen LogP contribution in [0.2, 0.25) is 0 Å². The van der Waals surface area contributed by atoms with E-state index < -0.39 is 102 Å². The fourth-order valence-corrected chi connectivity index (χ4v) is 14.2. The van der Waals surface area contributed by atoms with E-state index in [1.807, 2.05) is 30.3 Å². The maximum atomic E-state index is 14.9. The second-order valence-corrected chi connectivity index (χ2v) is 27.6. The zero-order valence-electron chi connectivity index (χ0n) is 50.2. The van der Waals surface area contributed by atoms with Crippen LogP contribution in [0.4, 0.5) is 8.78 Å². The molecule has 7 atom stereocenters. The van der Waals surface area contributed by atoms with Gasteiger partial charge in [-0.2, -0.15) is 8.78 Å². The Labute approximate surface area is 522 Å². The molecule has 2 unspecified atom stereocenters. The molecule has 4 aromatic rings. The lowest BCUT2D eigenvalue weighted by Crippen LogP contribution is -2.62. The molecule has 9 rings (SSSR count). The van der Waals surface area contributed by atoms with E-state index in [0.717, 1.165) is 59.4 Å². The molecule has 1 aromatic heterocycles. The molecule has 23 nitrogen and oxygen atoms in total. The van der Waals surface area contributed by atoms with Gasteiger partial charge < -0.3 is 56.7 Å². The van der Waals surface area contributed by atoms with Crippen molar-refractivity contribution >= 4 is 88.5 Å². The number of thiophene rings is 1. The lowest BCUT2D eigenvalue weighted by molar-refractivity contribution is -0.144. The first-order valence-corrected chi connectivity index (χ1v) is 32.6. The highest BCUT2D eigenvalue weighted by Crippen LogP contribution is 2.59. The van der Waals surface area contributed by atoms with Crippen molar-refractivity contribution in [1.82, 2.24) is 40.9 Å². The minimum Gasteiger partial charge on any atom is -0.370 e. The van der Waals surface area contributed by atoms with Crippen molar-refractivity contribution in [2.45, 2.75) is 158 Å². The van der Waals surface area contributed by atoms with Gasteiger partial charge in [-0.05, 0) is 128 Å². The van der Waals surface area contributed by atoms with Crippen LogP contribution in [0, 0.1) is 17.8 Å². The van der Waals surface area contributed by atoms with Gasteiger partial charge in [0.05, 0.1) is 10.9 Å². The van der Waals surface area contributed by atoms with Crippen molar-refractivity contribution < 1.29 is 71.1 Å². The average Bonchev–Trinajstić information content (AvgIpc) is 1.61. The second kappa shape index (κ2) is 27.8. The van der Waals surface area contributed by atoms with E-state index in [0.29, 0.717) is 61.0 Å². The number of alkyl halides is 2. The summed E-state index contributed by atoms with van der Waals surface area (Å²) in [6.45, 7) is 7.82. The number of rotatable bonds is 21. The van der Waals surface area contributed by atoms with E-state index in [2.05, 4.69) is 58.8 Å². The first-order valence-electron chi connectivity index (χ1n) is 30.2. The number of hydrogen-bond donors (Lipinski definition) is 8. The van der Waals surface area contributed by atoms with Gasteiger partial charge in [0.2, 0.25) is 41.4 Å². The van der Waals surface area contributed by atoms with Gasteiger partial charge >= 0.3 is 13.3 Å². The van der Waals surface area contributed by atoms with Crippen LogP contribution in [0.5, 0.6) is 0 Å². The number of benzene rings is 3. The SMILES string of the molecule is CC(C)(C)c1ccc(C([C@@H](C=O)NC(=O)[C@H](CCC(N)=O)NC(=O)[C@@H]2CC[C@@H]3CCN(CCC(N)=O)C[C@H](NC(=O)c4cc5cc(C(F)(F)P(=O)(O)O)ccc5s4)C(=O)N32)N2CCC(CCC#Cc3cccc4c3CN(C3CCC(=O)NC3=O)C4=O)CC2)cc1. The van der Waals surface area contributed by atoms with Crippen molar-refractivity contribution in [1.29, 1.82) is 0 Å². The van der Waals surface area contributed by atoms with Gasteiger partial charge in [0, 0.05) is 79.3 Å². The number of likely N-dealkylation sites (tertiary alicyclic amines) is 1. The molecule has 27 heteroatoms. The van der Waals surface area contributed by atoms with E-state index in [1.165, 1.54) is 21.9 Å². The predicted octanol–water partition coefficient (Wildman–Crippen LogP) is 3.95. The Morgan fingerprint density at radius 2 is 1.59 bits per heavy atom. The summed E-state index contributed by atoms with van der Waals surface area (Å²) in [5.74, 6) is 1.29. The molecule has 0 bridgehead atoms. The molecule has 0 radical (unpaired) electrons. The molecule has 0 spiro atoms. The van der Waals surface area contributed by atoms with Gasteiger partial charge in [0.25, 0.3) is 11.8 Å². The molecular weight excluding hydrogens is 1210 g/mol. The number of aldehydes is 1. The molecule has 5 aliphatic heterocycles. The first kappa shape index (κ1) is 66.6. The van der Waals surface area contributed by atoms with Gasteiger partial charge in [0.15, 0.2) is 0 Å². The Kier molecular flexibility index (Phi) is 20.5. The number of carbonyl (C=O) groups is 10. The summed E-state index contributed by atoms with van der Waals surface area (Å²) in [4.78, 5) is 159. The minimum atomic E-state index is -5.91. The largest absolute Gasteiger partial charge is 0.399 e. The molecule has 10 N–H and O–H groups in total. The van der Waals surface area contributed by atoms with E-state index in [9.17, 15) is 71.1 Å². The standard InChI is InChI=1S/C63H75F2N10O13PS/c1-62(2,3)40-13-11-38(12-14-40)55(73-29-23-36(24-30-73)7-4-5-8-37-9-6-10-43-44(37)33-74(60(43)84)48-19-22-54(79)71-57(48)81)47(35-76)70-56(80)45(17-21-52(66)77)68-58(82)49-18-16-42-25-27-72(28-26-53(67)78)34-46(61(85)75(42)49)69-59(83)51-32-39-31-41(15-20-50(39)90-51)63(64,65)89(86,87)88/h6,9-15,20,31-32,35-36,42,45-49,55H,4,7,16-19,21-30,33-34H2,1-3H3,(H2,66,77)(H2,67,78)(H,68,82)(H,69,83)(H,70,80)(H,71,79,81)(H2,86,87,88)/t42-,45+,46+,47-,48?,49+,55?/m1/s1. The number of primary amides is 2. The molecule has 6 heterocycles. The van der Waals surface area contributed by atoms with Crippen LogP contribution in [0.3, 0.4) is 0 Å². The predicted molar refractivity (Wildman–Crippen MR) is 327 cm³/mol. The summed E-state index contributed by atoms with van der Waals surface area (Å²) in [7, 11) is -5.91.